The smallest absolute Gasteiger partial charge is 0.138 e. The van der Waals surface area contributed by atoms with Crippen molar-refractivity contribution in [1.29, 1.82) is 0 Å². The standard InChI is InChI=1S/C59H39N3S/c1-4-18-40(19-5-1)42-32-34-45(35-33-42)61-49-26-12-10-24-46(49)58-52(61)36-37-56-59(58)47-25-11-15-29-53(47)63(56)54-30-16-13-27-50(54)62(51-28-14-17-31-55(51)63)57-39-44(41-20-6-2-7-21-41)38-48(60-57)43-22-8-3-9-23-43/h1-39H. The van der Waals surface area contributed by atoms with E-state index in [0.29, 0.717) is 0 Å². The SMILES string of the molecule is c1ccc(-c2ccc(-n3c4ccccc4c4c5c(ccc43)S3(c4ccccc4-5)c4ccccc4N(c4cc(-c5ccccc5)cc(-c5ccccc5)n4)c4ccccc43)cc2)cc1. The highest BCUT2D eigenvalue weighted by atomic mass is 32.3. The van der Waals surface area contributed by atoms with Gasteiger partial charge in [-0.1, -0.05) is 164 Å². The molecule has 11 aromatic rings. The molecule has 2 aromatic heterocycles. The molecule has 13 rings (SSSR count). The molecule has 0 unspecified atom stereocenters. The molecule has 0 amide bonds. The minimum absolute atomic E-state index is 0.896. The van der Waals surface area contributed by atoms with Crippen LogP contribution in [0.1, 0.15) is 0 Å². The van der Waals surface area contributed by atoms with E-state index < -0.39 is 10.0 Å². The van der Waals surface area contributed by atoms with E-state index in [4.69, 9.17) is 4.98 Å². The number of fused-ring (bicyclic) bond motifs is 13. The summed E-state index contributed by atoms with van der Waals surface area (Å²) < 4.78 is 2.46. The Hall–Kier alpha value is -7.92. The van der Waals surface area contributed by atoms with Crippen molar-refractivity contribution in [2.75, 3.05) is 4.90 Å². The molecule has 2 aliphatic rings. The van der Waals surface area contributed by atoms with Crippen LogP contribution in [-0.4, -0.2) is 9.55 Å². The third kappa shape index (κ3) is 5.25. The number of aromatic nitrogens is 2. The van der Waals surface area contributed by atoms with Gasteiger partial charge in [-0.3, -0.25) is 4.90 Å². The summed E-state index contributed by atoms with van der Waals surface area (Å²) in [4.78, 5) is 13.3. The summed E-state index contributed by atoms with van der Waals surface area (Å²) in [7, 11) is -2.00. The lowest BCUT2D eigenvalue weighted by Crippen LogP contribution is -2.21. The topological polar surface area (TPSA) is 21.1 Å². The summed E-state index contributed by atoms with van der Waals surface area (Å²) in [6.45, 7) is 0. The van der Waals surface area contributed by atoms with Gasteiger partial charge in [-0.2, -0.15) is 0 Å². The van der Waals surface area contributed by atoms with Crippen LogP contribution in [0.25, 0.3) is 72.1 Å². The van der Waals surface area contributed by atoms with Crippen molar-refractivity contribution in [1.82, 2.24) is 9.55 Å². The summed E-state index contributed by atoms with van der Waals surface area (Å²) in [5.41, 5.74) is 15.3. The van der Waals surface area contributed by atoms with Gasteiger partial charge in [0.05, 0.1) is 28.1 Å². The van der Waals surface area contributed by atoms with Crippen LogP contribution in [0.4, 0.5) is 17.2 Å². The van der Waals surface area contributed by atoms with Gasteiger partial charge in [-0.25, -0.2) is 4.98 Å². The zero-order valence-electron chi connectivity index (χ0n) is 34.3. The van der Waals surface area contributed by atoms with E-state index in [-0.39, 0.29) is 0 Å². The van der Waals surface area contributed by atoms with E-state index in [1.807, 2.05) is 0 Å². The molecule has 1 spiro atoms. The Morgan fingerprint density at radius 2 is 0.905 bits per heavy atom. The van der Waals surface area contributed by atoms with Gasteiger partial charge in [-0.15, -0.1) is 10.0 Å². The molecule has 0 radical (unpaired) electrons. The first-order valence-corrected chi connectivity index (χ1v) is 23.2. The van der Waals surface area contributed by atoms with E-state index >= 15 is 0 Å². The van der Waals surface area contributed by atoms with Crippen molar-refractivity contribution in [3.05, 3.63) is 237 Å². The Morgan fingerprint density at radius 3 is 1.59 bits per heavy atom. The molecule has 0 saturated heterocycles. The monoisotopic (exact) mass is 821 g/mol. The Morgan fingerprint density at radius 1 is 0.365 bits per heavy atom. The van der Waals surface area contributed by atoms with E-state index in [0.717, 1.165) is 45.3 Å². The second-order valence-corrected chi connectivity index (χ2v) is 19.3. The first-order valence-electron chi connectivity index (χ1n) is 21.5. The molecule has 4 heterocycles. The van der Waals surface area contributed by atoms with Gasteiger partial charge >= 0.3 is 0 Å². The van der Waals surface area contributed by atoms with Gasteiger partial charge in [0.2, 0.25) is 0 Å². The van der Waals surface area contributed by atoms with Crippen molar-refractivity contribution < 1.29 is 0 Å². The molecule has 2 aliphatic heterocycles. The van der Waals surface area contributed by atoms with Crippen LogP contribution in [0.3, 0.4) is 0 Å². The highest BCUT2D eigenvalue weighted by Gasteiger charge is 2.49. The van der Waals surface area contributed by atoms with Gasteiger partial charge in [0.1, 0.15) is 5.82 Å². The molecule has 296 valence electrons. The van der Waals surface area contributed by atoms with E-state index in [9.17, 15) is 0 Å². The summed E-state index contributed by atoms with van der Waals surface area (Å²) >= 11 is 0. The summed E-state index contributed by atoms with van der Waals surface area (Å²) in [6.07, 6.45) is 0. The number of benzene rings is 9. The van der Waals surface area contributed by atoms with Crippen molar-refractivity contribution in [3.8, 4) is 50.3 Å². The predicted molar refractivity (Wildman–Crippen MR) is 262 cm³/mol. The van der Waals surface area contributed by atoms with E-state index in [1.54, 1.807) is 0 Å². The molecule has 0 bridgehead atoms. The van der Waals surface area contributed by atoms with Crippen LogP contribution in [-0.2, 0) is 0 Å². The first kappa shape index (κ1) is 35.8. The van der Waals surface area contributed by atoms with Gasteiger partial charge in [-0.05, 0) is 101 Å². The molecule has 4 heteroatoms. The third-order valence-corrected chi connectivity index (χ3v) is 17.0. The zero-order valence-corrected chi connectivity index (χ0v) is 35.1. The second-order valence-electron chi connectivity index (χ2n) is 16.3. The number of para-hydroxylation sites is 3. The molecule has 0 saturated carbocycles. The fourth-order valence-electron chi connectivity index (χ4n) is 10.3. The number of rotatable bonds is 5. The number of pyridine rings is 1. The average Bonchev–Trinajstić information content (AvgIpc) is 3.86. The maximum atomic E-state index is 5.52. The minimum Gasteiger partial charge on any atom is -0.309 e. The Bertz CT molecular complexity index is 3450. The molecule has 0 aliphatic carbocycles. The normalized spacial score (nSPS) is 13.7. The molecule has 0 fully saturated rings. The quantitative estimate of drug-likeness (QED) is 0.172. The number of anilines is 3. The van der Waals surface area contributed by atoms with Crippen LogP contribution in [0.15, 0.2) is 256 Å². The Kier molecular flexibility index (Phi) is 7.99. The summed E-state index contributed by atoms with van der Waals surface area (Å²) in [6, 6.07) is 86.7. The fourth-order valence-corrected chi connectivity index (χ4v) is 14.8. The zero-order chi connectivity index (χ0) is 41.5. The van der Waals surface area contributed by atoms with Crippen molar-refractivity contribution in [2.45, 2.75) is 19.6 Å². The van der Waals surface area contributed by atoms with Crippen molar-refractivity contribution >= 4 is 49.0 Å². The van der Waals surface area contributed by atoms with Crippen LogP contribution >= 0.6 is 10.0 Å². The Balaban J connectivity index is 1.07. The highest BCUT2D eigenvalue weighted by molar-refractivity contribution is 8.34. The molecular formula is C59H39N3S. The van der Waals surface area contributed by atoms with Crippen molar-refractivity contribution in [3.63, 3.8) is 0 Å². The van der Waals surface area contributed by atoms with Gasteiger partial charge in [0, 0.05) is 47.2 Å². The van der Waals surface area contributed by atoms with E-state index in [2.05, 4.69) is 246 Å². The maximum absolute atomic E-state index is 5.52. The van der Waals surface area contributed by atoms with Crippen molar-refractivity contribution in [2.24, 2.45) is 0 Å². The average molecular weight is 822 g/mol. The lowest BCUT2D eigenvalue weighted by atomic mass is 9.99. The van der Waals surface area contributed by atoms with Gasteiger partial charge in [0.25, 0.3) is 0 Å². The lowest BCUT2D eigenvalue weighted by molar-refractivity contribution is 1.09. The van der Waals surface area contributed by atoms with Gasteiger partial charge in [0.15, 0.2) is 0 Å². The maximum Gasteiger partial charge on any atom is 0.138 e. The molecule has 63 heavy (non-hydrogen) atoms. The lowest BCUT2D eigenvalue weighted by Gasteiger charge is -2.48. The number of hydrogen-bond donors (Lipinski definition) is 0. The summed E-state index contributed by atoms with van der Waals surface area (Å²) in [5.74, 6) is 0.896. The Labute approximate surface area is 368 Å². The van der Waals surface area contributed by atoms with E-state index in [1.165, 1.54) is 63.6 Å². The van der Waals surface area contributed by atoms with Crippen LogP contribution in [0, 0.1) is 0 Å². The molecule has 9 aromatic carbocycles. The van der Waals surface area contributed by atoms with Crippen LogP contribution in [0.5, 0.6) is 0 Å². The number of hydrogen-bond acceptors (Lipinski definition) is 2. The largest absolute Gasteiger partial charge is 0.309 e. The third-order valence-electron chi connectivity index (χ3n) is 12.9. The fraction of sp³-hybridized carbons (Fsp3) is 0. The number of nitrogens with zero attached hydrogens (tertiary/aromatic N) is 3. The molecule has 0 N–H and O–H groups in total. The summed E-state index contributed by atoms with van der Waals surface area (Å²) in [5, 5.41) is 2.56. The van der Waals surface area contributed by atoms with Crippen LogP contribution in [0.2, 0.25) is 0 Å². The van der Waals surface area contributed by atoms with Gasteiger partial charge < -0.3 is 4.57 Å². The molecule has 3 nitrogen and oxygen atoms in total. The first-order chi connectivity index (χ1) is 31.3. The highest BCUT2D eigenvalue weighted by Crippen LogP contribution is 2.85. The second kappa shape index (κ2) is 14.1. The predicted octanol–water partition coefficient (Wildman–Crippen LogP) is 16.3. The minimum atomic E-state index is -2.00. The molecule has 0 atom stereocenters. The molecular weight excluding hydrogens is 783 g/mol. The van der Waals surface area contributed by atoms with Crippen LogP contribution < -0.4 is 4.90 Å².